The predicted molar refractivity (Wildman–Crippen MR) is 83.4 cm³/mol. The molecule has 3 rings (SSSR count). The Hall–Kier alpha value is -2.19. The highest BCUT2D eigenvalue weighted by Gasteiger charge is 2.27. The maximum Gasteiger partial charge on any atom is 0.0702 e. The van der Waals surface area contributed by atoms with Gasteiger partial charge in [-0.2, -0.15) is 0 Å². The number of benzene rings is 2. The standard InChI is InChI=1S/C18H18N2/c1-2-18(19,15-8-4-3-5-9-15)16-10-11-17-14(13-16)7-6-12-20-17/h3-13H,2,19H2,1H3. The highest BCUT2D eigenvalue weighted by atomic mass is 14.7. The van der Waals surface area contributed by atoms with Crippen molar-refractivity contribution in [3.8, 4) is 0 Å². The molecule has 1 heterocycles. The Morgan fingerprint density at radius 1 is 0.950 bits per heavy atom. The van der Waals surface area contributed by atoms with Crippen molar-refractivity contribution in [3.05, 3.63) is 78.0 Å². The molecule has 0 fully saturated rings. The quantitative estimate of drug-likeness (QED) is 0.778. The average molecular weight is 262 g/mol. The number of fused-ring (bicyclic) bond motifs is 1. The summed E-state index contributed by atoms with van der Waals surface area (Å²) in [6, 6.07) is 20.6. The van der Waals surface area contributed by atoms with Crippen LogP contribution in [0.5, 0.6) is 0 Å². The van der Waals surface area contributed by atoms with Gasteiger partial charge in [0, 0.05) is 11.6 Å². The summed E-state index contributed by atoms with van der Waals surface area (Å²) in [4.78, 5) is 4.36. The summed E-state index contributed by atoms with van der Waals surface area (Å²) < 4.78 is 0. The summed E-state index contributed by atoms with van der Waals surface area (Å²) in [5, 5.41) is 1.13. The summed E-state index contributed by atoms with van der Waals surface area (Å²) in [7, 11) is 0. The smallest absolute Gasteiger partial charge is 0.0702 e. The third-order valence-electron chi connectivity index (χ3n) is 3.96. The first-order chi connectivity index (χ1) is 9.74. The van der Waals surface area contributed by atoms with Gasteiger partial charge in [-0.3, -0.25) is 4.98 Å². The lowest BCUT2D eigenvalue weighted by atomic mass is 9.81. The van der Waals surface area contributed by atoms with E-state index in [4.69, 9.17) is 5.73 Å². The van der Waals surface area contributed by atoms with Gasteiger partial charge in [0.15, 0.2) is 0 Å². The second-order valence-electron chi connectivity index (χ2n) is 5.10. The molecule has 0 spiro atoms. The van der Waals surface area contributed by atoms with Crippen molar-refractivity contribution in [3.63, 3.8) is 0 Å². The molecule has 1 aromatic heterocycles. The van der Waals surface area contributed by atoms with Crippen molar-refractivity contribution in [2.75, 3.05) is 0 Å². The molecule has 2 nitrogen and oxygen atoms in total. The van der Waals surface area contributed by atoms with E-state index in [9.17, 15) is 0 Å². The van der Waals surface area contributed by atoms with Crippen LogP contribution in [-0.4, -0.2) is 4.98 Å². The van der Waals surface area contributed by atoms with Crippen LogP contribution >= 0.6 is 0 Å². The van der Waals surface area contributed by atoms with Crippen molar-refractivity contribution < 1.29 is 0 Å². The van der Waals surface area contributed by atoms with Gasteiger partial charge in [0.2, 0.25) is 0 Å². The molecule has 2 aromatic carbocycles. The van der Waals surface area contributed by atoms with E-state index in [0.717, 1.165) is 28.5 Å². The molecule has 3 aromatic rings. The monoisotopic (exact) mass is 262 g/mol. The van der Waals surface area contributed by atoms with Gasteiger partial charge < -0.3 is 5.73 Å². The molecule has 0 amide bonds. The van der Waals surface area contributed by atoms with Crippen LogP contribution in [0.4, 0.5) is 0 Å². The third kappa shape index (κ3) is 2.08. The fourth-order valence-electron chi connectivity index (χ4n) is 2.66. The minimum Gasteiger partial charge on any atom is -0.318 e. The summed E-state index contributed by atoms with van der Waals surface area (Å²) in [6.07, 6.45) is 2.66. The molecule has 0 aliphatic rings. The molecule has 0 saturated heterocycles. The van der Waals surface area contributed by atoms with Crippen molar-refractivity contribution in [1.29, 1.82) is 0 Å². The first-order valence-corrected chi connectivity index (χ1v) is 6.94. The number of hydrogen-bond acceptors (Lipinski definition) is 2. The van der Waals surface area contributed by atoms with Crippen LogP contribution < -0.4 is 5.73 Å². The molecular formula is C18H18N2. The van der Waals surface area contributed by atoms with E-state index in [2.05, 4.69) is 42.2 Å². The topological polar surface area (TPSA) is 38.9 Å². The van der Waals surface area contributed by atoms with Crippen LogP contribution in [-0.2, 0) is 5.54 Å². The van der Waals surface area contributed by atoms with Crippen molar-refractivity contribution >= 4 is 10.9 Å². The molecule has 2 N–H and O–H groups in total. The van der Waals surface area contributed by atoms with E-state index in [1.807, 2.05) is 36.5 Å². The van der Waals surface area contributed by atoms with Crippen molar-refractivity contribution in [1.82, 2.24) is 4.98 Å². The highest BCUT2D eigenvalue weighted by molar-refractivity contribution is 5.79. The van der Waals surface area contributed by atoms with Gasteiger partial charge in [-0.25, -0.2) is 0 Å². The Kier molecular flexibility index (Phi) is 3.25. The molecule has 1 atom stereocenters. The first-order valence-electron chi connectivity index (χ1n) is 6.94. The van der Waals surface area contributed by atoms with Crippen molar-refractivity contribution in [2.45, 2.75) is 18.9 Å². The minimum absolute atomic E-state index is 0.453. The number of aromatic nitrogens is 1. The molecule has 0 radical (unpaired) electrons. The zero-order chi connectivity index (χ0) is 14.0. The SMILES string of the molecule is CCC(N)(c1ccccc1)c1ccc2ncccc2c1. The Balaban J connectivity index is 2.16. The van der Waals surface area contributed by atoms with Crippen LogP contribution in [0.1, 0.15) is 24.5 Å². The van der Waals surface area contributed by atoms with Gasteiger partial charge in [0.1, 0.15) is 0 Å². The fraction of sp³-hybridized carbons (Fsp3) is 0.167. The van der Waals surface area contributed by atoms with Gasteiger partial charge >= 0.3 is 0 Å². The number of nitrogens with zero attached hydrogens (tertiary/aromatic N) is 1. The molecule has 0 aliphatic carbocycles. The van der Waals surface area contributed by atoms with E-state index in [0.29, 0.717) is 0 Å². The maximum atomic E-state index is 6.71. The minimum atomic E-state index is -0.453. The van der Waals surface area contributed by atoms with E-state index < -0.39 is 5.54 Å². The van der Waals surface area contributed by atoms with E-state index in [-0.39, 0.29) is 0 Å². The highest BCUT2D eigenvalue weighted by Crippen LogP contribution is 2.31. The zero-order valence-electron chi connectivity index (χ0n) is 11.6. The number of rotatable bonds is 3. The van der Waals surface area contributed by atoms with Gasteiger partial charge in [0.25, 0.3) is 0 Å². The normalized spacial score (nSPS) is 14.1. The molecule has 20 heavy (non-hydrogen) atoms. The van der Waals surface area contributed by atoms with Gasteiger partial charge in [0.05, 0.1) is 11.1 Å². The summed E-state index contributed by atoms with van der Waals surface area (Å²) >= 11 is 0. The lowest BCUT2D eigenvalue weighted by molar-refractivity contribution is 0.519. The summed E-state index contributed by atoms with van der Waals surface area (Å²) in [5.41, 5.74) is 9.54. The lowest BCUT2D eigenvalue weighted by Gasteiger charge is -2.29. The van der Waals surface area contributed by atoms with Crippen LogP contribution in [0.25, 0.3) is 10.9 Å². The predicted octanol–water partition coefficient (Wildman–Crippen LogP) is 3.85. The number of pyridine rings is 1. The average Bonchev–Trinajstić information content (AvgIpc) is 2.54. The second kappa shape index (κ2) is 5.06. The van der Waals surface area contributed by atoms with Gasteiger partial charge in [-0.1, -0.05) is 49.4 Å². The largest absolute Gasteiger partial charge is 0.318 e. The Morgan fingerprint density at radius 3 is 2.50 bits per heavy atom. The van der Waals surface area contributed by atoms with Crippen LogP contribution in [0, 0.1) is 0 Å². The lowest BCUT2D eigenvalue weighted by Crippen LogP contribution is -2.37. The van der Waals surface area contributed by atoms with Gasteiger partial charge in [-0.05, 0) is 35.7 Å². The first kappa shape index (κ1) is 12.8. The number of hydrogen-bond donors (Lipinski definition) is 1. The van der Waals surface area contributed by atoms with Crippen LogP contribution in [0.15, 0.2) is 66.9 Å². The molecular weight excluding hydrogens is 244 g/mol. The third-order valence-corrected chi connectivity index (χ3v) is 3.96. The Bertz CT molecular complexity index is 722. The fourth-order valence-corrected chi connectivity index (χ4v) is 2.66. The number of nitrogens with two attached hydrogens (primary N) is 1. The zero-order valence-corrected chi connectivity index (χ0v) is 11.6. The van der Waals surface area contributed by atoms with Crippen molar-refractivity contribution in [2.24, 2.45) is 5.73 Å². The van der Waals surface area contributed by atoms with E-state index >= 15 is 0 Å². The second-order valence-corrected chi connectivity index (χ2v) is 5.10. The molecule has 1 unspecified atom stereocenters. The van der Waals surface area contributed by atoms with Crippen LogP contribution in [0.2, 0.25) is 0 Å². The molecule has 0 aliphatic heterocycles. The molecule has 2 heteroatoms. The Morgan fingerprint density at radius 2 is 1.75 bits per heavy atom. The molecule has 0 bridgehead atoms. The van der Waals surface area contributed by atoms with E-state index in [1.165, 1.54) is 0 Å². The summed E-state index contributed by atoms with van der Waals surface area (Å²) in [6.45, 7) is 2.13. The molecule has 0 saturated carbocycles. The molecule has 100 valence electrons. The Labute approximate surface area is 119 Å². The van der Waals surface area contributed by atoms with Crippen LogP contribution in [0.3, 0.4) is 0 Å². The summed E-state index contributed by atoms with van der Waals surface area (Å²) in [5.74, 6) is 0. The van der Waals surface area contributed by atoms with E-state index in [1.54, 1.807) is 0 Å². The maximum absolute atomic E-state index is 6.71. The van der Waals surface area contributed by atoms with Gasteiger partial charge in [-0.15, -0.1) is 0 Å².